The molecule has 2 aromatic carbocycles. The summed E-state index contributed by atoms with van der Waals surface area (Å²) < 4.78 is 94.3. The SMILES string of the molecule is O=C(c1cnn(-c2cccc(C(F)(F)F)c2)c1C(F)(F)F)N1CCN(c2ccc(F)cc2)CC1. The summed E-state index contributed by atoms with van der Waals surface area (Å²) in [7, 11) is 0. The smallest absolute Gasteiger partial charge is 0.368 e. The number of rotatable bonds is 3. The molecule has 0 bridgehead atoms. The van der Waals surface area contributed by atoms with Gasteiger partial charge in [-0.1, -0.05) is 6.07 Å². The first-order valence-corrected chi connectivity index (χ1v) is 10.1. The molecule has 1 aliphatic heterocycles. The van der Waals surface area contributed by atoms with Crippen LogP contribution >= 0.6 is 0 Å². The topological polar surface area (TPSA) is 41.4 Å². The lowest BCUT2D eigenvalue weighted by atomic mass is 10.1. The molecule has 5 nitrogen and oxygen atoms in total. The fourth-order valence-electron chi connectivity index (χ4n) is 3.78. The van der Waals surface area contributed by atoms with Crippen LogP contribution in [0.2, 0.25) is 0 Å². The van der Waals surface area contributed by atoms with E-state index in [0.717, 1.165) is 24.4 Å². The Morgan fingerprint density at radius 3 is 2.06 bits per heavy atom. The minimum Gasteiger partial charge on any atom is -0.368 e. The van der Waals surface area contributed by atoms with E-state index in [4.69, 9.17) is 0 Å². The zero-order chi connectivity index (χ0) is 24.7. The van der Waals surface area contributed by atoms with Gasteiger partial charge in [0.25, 0.3) is 5.91 Å². The first kappa shape index (κ1) is 23.6. The number of amides is 1. The van der Waals surface area contributed by atoms with E-state index >= 15 is 0 Å². The maximum absolute atomic E-state index is 13.9. The third-order valence-corrected chi connectivity index (χ3v) is 5.44. The fraction of sp³-hybridized carbons (Fsp3) is 0.273. The Bertz CT molecular complexity index is 1180. The minimum atomic E-state index is -5.05. The Morgan fingerprint density at radius 2 is 1.47 bits per heavy atom. The molecule has 1 saturated heterocycles. The summed E-state index contributed by atoms with van der Waals surface area (Å²) in [6.45, 7) is 0.811. The van der Waals surface area contributed by atoms with Crippen LogP contribution in [0.25, 0.3) is 5.69 Å². The van der Waals surface area contributed by atoms with E-state index in [1.807, 2.05) is 4.90 Å². The summed E-state index contributed by atoms with van der Waals surface area (Å²) in [5, 5.41) is 3.60. The highest BCUT2D eigenvalue weighted by atomic mass is 19.4. The highest BCUT2D eigenvalue weighted by Crippen LogP contribution is 2.36. The van der Waals surface area contributed by atoms with E-state index in [9.17, 15) is 35.5 Å². The number of benzene rings is 2. The van der Waals surface area contributed by atoms with Gasteiger partial charge in [0.2, 0.25) is 0 Å². The van der Waals surface area contributed by atoms with E-state index in [2.05, 4.69) is 5.10 Å². The van der Waals surface area contributed by atoms with Gasteiger partial charge in [-0.2, -0.15) is 31.4 Å². The van der Waals surface area contributed by atoms with Gasteiger partial charge in [-0.05, 0) is 42.5 Å². The van der Waals surface area contributed by atoms with Crippen LogP contribution in [0.1, 0.15) is 21.6 Å². The number of halogens is 7. The van der Waals surface area contributed by atoms with Crippen molar-refractivity contribution in [3.8, 4) is 5.69 Å². The number of anilines is 1. The molecule has 12 heteroatoms. The Labute approximate surface area is 189 Å². The molecule has 1 fully saturated rings. The fourth-order valence-corrected chi connectivity index (χ4v) is 3.78. The number of carbonyl (C=O) groups is 1. The predicted molar refractivity (Wildman–Crippen MR) is 108 cm³/mol. The Hall–Kier alpha value is -3.57. The van der Waals surface area contributed by atoms with Crippen LogP contribution in [0.3, 0.4) is 0 Å². The maximum Gasteiger partial charge on any atom is 0.434 e. The lowest BCUT2D eigenvalue weighted by Crippen LogP contribution is -2.49. The van der Waals surface area contributed by atoms with Gasteiger partial charge >= 0.3 is 12.4 Å². The van der Waals surface area contributed by atoms with Crippen LogP contribution in [-0.4, -0.2) is 46.8 Å². The third kappa shape index (κ3) is 4.70. The van der Waals surface area contributed by atoms with Gasteiger partial charge in [0.15, 0.2) is 5.69 Å². The predicted octanol–water partition coefficient (Wildman–Crippen LogP) is 5.01. The van der Waals surface area contributed by atoms with Gasteiger partial charge in [-0.3, -0.25) is 4.79 Å². The Balaban J connectivity index is 1.60. The monoisotopic (exact) mass is 486 g/mol. The standard InChI is InChI=1S/C22H17F7N4O/c23-15-4-6-16(7-5-15)31-8-10-32(11-9-31)20(34)18-13-30-33(19(18)22(27,28)29)17-3-1-2-14(12-17)21(24,25)26/h1-7,12-13H,8-11H2. The molecule has 3 aromatic rings. The van der Waals surface area contributed by atoms with Crippen LogP contribution in [-0.2, 0) is 12.4 Å². The lowest BCUT2D eigenvalue weighted by Gasteiger charge is -2.36. The molecule has 0 spiro atoms. The summed E-state index contributed by atoms with van der Waals surface area (Å²) in [5.74, 6) is -1.33. The van der Waals surface area contributed by atoms with E-state index < -0.39 is 46.6 Å². The second-order valence-electron chi connectivity index (χ2n) is 7.62. The van der Waals surface area contributed by atoms with Crippen LogP contribution in [0, 0.1) is 5.82 Å². The molecule has 4 rings (SSSR count). The minimum absolute atomic E-state index is 0.0995. The van der Waals surface area contributed by atoms with E-state index in [1.165, 1.54) is 17.0 Å². The zero-order valence-corrected chi connectivity index (χ0v) is 17.4. The van der Waals surface area contributed by atoms with Crippen LogP contribution < -0.4 is 4.90 Å². The van der Waals surface area contributed by atoms with Gasteiger partial charge in [0, 0.05) is 31.9 Å². The first-order chi connectivity index (χ1) is 15.9. The van der Waals surface area contributed by atoms with Crippen LogP contribution in [0.15, 0.2) is 54.7 Å². The van der Waals surface area contributed by atoms with E-state index in [0.29, 0.717) is 29.5 Å². The van der Waals surface area contributed by atoms with E-state index in [1.54, 1.807) is 12.1 Å². The number of nitrogens with zero attached hydrogens (tertiary/aromatic N) is 4. The zero-order valence-electron chi connectivity index (χ0n) is 17.4. The van der Waals surface area contributed by atoms with Crippen molar-refractivity contribution in [1.82, 2.24) is 14.7 Å². The molecule has 0 atom stereocenters. The lowest BCUT2D eigenvalue weighted by molar-refractivity contribution is -0.143. The number of piperazine rings is 1. The Kier molecular flexibility index (Phi) is 6.00. The summed E-state index contributed by atoms with van der Waals surface area (Å²) in [6, 6.07) is 8.98. The van der Waals surface area contributed by atoms with Gasteiger partial charge < -0.3 is 9.80 Å². The van der Waals surface area contributed by atoms with Crippen molar-refractivity contribution >= 4 is 11.6 Å². The number of hydrogen-bond donors (Lipinski definition) is 0. The average Bonchev–Trinajstić information content (AvgIpc) is 3.25. The third-order valence-electron chi connectivity index (χ3n) is 5.44. The first-order valence-electron chi connectivity index (χ1n) is 10.1. The summed E-state index contributed by atoms with van der Waals surface area (Å²) in [5.41, 5.74) is -3.10. The molecule has 34 heavy (non-hydrogen) atoms. The highest BCUT2D eigenvalue weighted by Gasteiger charge is 2.42. The molecule has 0 saturated carbocycles. The van der Waals surface area contributed by atoms with Crippen molar-refractivity contribution in [2.75, 3.05) is 31.1 Å². The van der Waals surface area contributed by atoms with Gasteiger partial charge in [0.05, 0.1) is 23.0 Å². The molecule has 0 unspecified atom stereocenters. The molecule has 180 valence electrons. The van der Waals surface area contributed by atoms with Crippen LogP contribution in [0.5, 0.6) is 0 Å². The van der Waals surface area contributed by atoms with E-state index in [-0.39, 0.29) is 13.1 Å². The average molecular weight is 486 g/mol. The number of alkyl halides is 6. The summed E-state index contributed by atoms with van der Waals surface area (Å²) >= 11 is 0. The van der Waals surface area contributed by atoms with Crippen molar-refractivity contribution < 1.29 is 35.5 Å². The number of aromatic nitrogens is 2. The van der Waals surface area contributed by atoms with Crippen LogP contribution in [0.4, 0.5) is 36.4 Å². The second kappa shape index (κ2) is 8.65. The molecular weight excluding hydrogens is 469 g/mol. The van der Waals surface area contributed by atoms with Crippen molar-refractivity contribution in [1.29, 1.82) is 0 Å². The number of carbonyl (C=O) groups excluding carboxylic acids is 1. The molecule has 1 aromatic heterocycles. The molecule has 0 N–H and O–H groups in total. The normalized spacial score (nSPS) is 15.0. The summed E-state index contributed by atoms with van der Waals surface area (Å²) in [6.07, 6.45) is -9.09. The number of hydrogen-bond acceptors (Lipinski definition) is 3. The maximum atomic E-state index is 13.9. The van der Waals surface area contributed by atoms with Gasteiger partial charge in [-0.25, -0.2) is 9.07 Å². The molecule has 0 aliphatic carbocycles. The Morgan fingerprint density at radius 1 is 0.824 bits per heavy atom. The molecule has 0 radical (unpaired) electrons. The quantitative estimate of drug-likeness (QED) is 0.489. The summed E-state index contributed by atoms with van der Waals surface area (Å²) in [4.78, 5) is 16.0. The molecule has 1 amide bonds. The van der Waals surface area contributed by atoms with Crippen molar-refractivity contribution in [2.24, 2.45) is 0 Å². The van der Waals surface area contributed by atoms with Crippen molar-refractivity contribution in [3.05, 3.63) is 77.4 Å². The molecule has 2 heterocycles. The van der Waals surface area contributed by atoms with Gasteiger partial charge in [-0.15, -0.1) is 0 Å². The van der Waals surface area contributed by atoms with Crippen molar-refractivity contribution in [2.45, 2.75) is 12.4 Å². The van der Waals surface area contributed by atoms with Gasteiger partial charge in [0.1, 0.15) is 5.82 Å². The highest BCUT2D eigenvalue weighted by molar-refractivity contribution is 5.95. The molecular formula is C22H17F7N4O. The second-order valence-corrected chi connectivity index (χ2v) is 7.62. The molecule has 1 aliphatic rings. The van der Waals surface area contributed by atoms with Crippen molar-refractivity contribution in [3.63, 3.8) is 0 Å². The largest absolute Gasteiger partial charge is 0.434 e.